The van der Waals surface area contributed by atoms with Crippen LogP contribution in [0.15, 0.2) is 48.5 Å². The van der Waals surface area contributed by atoms with Crippen LogP contribution in [0.4, 0.5) is 0 Å². The fourth-order valence-corrected chi connectivity index (χ4v) is 2.02. The highest BCUT2D eigenvalue weighted by molar-refractivity contribution is 6.32. The van der Waals surface area contributed by atoms with Crippen molar-refractivity contribution in [1.82, 2.24) is 0 Å². The summed E-state index contributed by atoms with van der Waals surface area (Å²) >= 11 is 5.96. The van der Waals surface area contributed by atoms with E-state index in [1.807, 2.05) is 6.07 Å². The number of ether oxygens (including phenoxy) is 3. The van der Waals surface area contributed by atoms with Crippen LogP contribution in [-0.4, -0.2) is 25.3 Å². The Morgan fingerprint density at radius 1 is 1.17 bits per heavy atom. The Bertz CT molecular complexity index is 725. The molecular weight excluding hydrogens is 330 g/mol. The van der Waals surface area contributed by atoms with Gasteiger partial charge in [-0.2, -0.15) is 5.26 Å². The van der Waals surface area contributed by atoms with Gasteiger partial charge in [-0.05, 0) is 43.3 Å². The third-order valence-corrected chi connectivity index (χ3v) is 3.36. The number of esters is 1. The third kappa shape index (κ3) is 5.18. The topological polar surface area (TPSA) is 68.5 Å². The smallest absolute Gasteiger partial charge is 0.347 e. The van der Waals surface area contributed by atoms with Crippen LogP contribution in [-0.2, 0) is 9.53 Å². The molecule has 0 spiro atoms. The van der Waals surface area contributed by atoms with E-state index in [0.717, 1.165) is 0 Å². The van der Waals surface area contributed by atoms with E-state index in [-0.39, 0.29) is 13.2 Å². The Labute approximate surface area is 145 Å². The van der Waals surface area contributed by atoms with Gasteiger partial charge in [0.15, 0.2) is 6.10 Å². The summed E-state index contributed by atoms with van der Waals surface area (Å²) in [5.74, 6) is 0.532. The lowest BCUT2D eigenvalue weighted by Gasteiger charge is -2.14. The normalized spacial score (nSPS) is 11.2. The molecule has 0 heterocycles. The molecule has 0 saturated carbocycles. The monoisotopic (exact) mass is 345 g/mol. The first-order valence-corrected chi connectivity index (χ1v) is 7.68. The van der Waals surface area contributed by atoms with Crippen molar-refractivity contribution >= 4 is 17.6 Å². The Morgan fingerprint density at radius 2 is 1.88 bits per heavy atom. The molecule has 0 aliphatic carbocycles. The average Bonchev–Trinajstić information content (AvgIpc) is 2.60. The number of carbonyl (C=O) groups excluding carboxylic acids is 1. The number of para-hydroxylation sites is 1. The van der Waals surface area contributed by atoms with E-state index in [2.05, 4.69) is 0 Å². The summed E-state index contributed by atoms with van der Waals surface area (Å²) in [6, 6.07) is 15.6. The Kier molecular flexibility index (Phi) is 6.47. The van der Waals surface area contributed by atoms with Crippen molar-refractivity contribution < 1.29 is 19.0 Å². The highest BCUT2D eigenvalue weighted by Crippen LogP contribution is 2.22. The van der Waals surface area contributed by atoms with Crippen LogP contribution in [0.5, 0.6) is 11.5 Å². The SMILES string of the molecule is C[C@@H](Oc1ccc(C#N)cc1)C(=O)OCCOc1ccccc1Cl. The zero-order chi connectivity index (χ0) is 17.4. The summed E-state index contributed by atoms with van der Waals surface area (Å²) in [5.41, 5.74) is 0.523. The van der Waals surface area contributed by atoms with Crippen LogP contribution in [0.2, 0.25) is 5.02 Å². The summed E-state index contributed by atoms with van der Waals surface area (Å²) in [6.07, 6.45) is -0.766. The van der Waals surface area contributed by atoms with Crippen LogP contribution in [0, 0.1) is 11.3 Å². The zero-order valence-corrected chi connectivity index (χ0v) is 13.8. The van der Waals surface area contributed by atoms with Gasteiger partial charge in [0.05, 0.1) is 16.7 Å². The van der Waals surface area contributed by atoms with Crippen molar-refractivity contribution in [2.24, 2.45) is 0 Å². The van der Waals surface area contributed by atoms with Crippen molar-refractivity contribution in [1.29, 1.82) is 5.26 Å². The Morgan fingerprint density at radius 3 is 2.54 bits per heavy atom. The first kappa shape index (κ1) is 17.6. The number of hydrogen-bond donors (Lipinski definition) is 0. The molecule has 2 aromatic rings. The number of nitriles is 1. The average molecular weight is 346 g/mol. The largest absolute Gasteiger partial charge is 0.488 e. The minimum absolute atomic E-state index is 0.0884. The molecule has 0 saturated heterocycles. The minimum atomic E-state index is -0.766. The fourth-order valence-electron chi connectivity index (χ4n) is 1.83. The van der Waals surface area contributed by atoms with Crippen LogP contribution in [0.25, 0.3) is 0 Å². The highest BCUT2D eigenvalue weighted by atomic mass is 35.5. The van der Waals surface area contributed by atoms with Gasteiger partial charge in [0.1, 0.15) is 24.7 Å². The van der Waals surface area contributed by atoms with Gasteiger partial charge >= 0.3 is 5.97 Å². The molecular formula is C18H16ClNO4. The van der Waals surface area contributed by atoms with Crippen LogP contribution in [0.3, 0.4) is 0 Å². The third-order valence-electron chi connectivity index (χ3n) is 3.05. The van der Waals surface area contributed by atoms with Crippen LogP contribution in [0.1, 0.15) is 12.5 Å². The van der Waals surface area contributed by atoms with Gasteiger partial charge in [-0.1, -0.05) is 23.7 Å². The van der Waals surface area contributed by atoms with Gasteiger partial charge in [-0.15, -0.1) is 0 Å². The molecule has 0 unspecified atom stereocenters. The highest BCUT2D eigenvalue weighted by Gasteiger charge is 2.16. The van der Waals surface area contributed by atoms with Crippen molar-refractivity contribution in [2.45, 2.75) is 13.0 Å². The van der Waals surface area contributed by atoms with Gasteiger partial charge in [0, 0.05) is 0 Å². The van der Waals surface area contributed by atoms with Gasteiger partial charge in [-0.25, -0.2) is 4.79 Å². The van der Waals surface area contributed by atoms with Gasteiger partial charge in [-0.3, -0.25) is 0 Å². The summed E-state index contributed by atoms with van der Waals surface area (Å²) in [7, 11) is 0. The lowest BCUT2D eigenvalue weighted by molar-refractivity contribution is -0.151. The number of benzene rings is 2. The molecule has 0 aromatic heterocycles. The number of rotatable bonds is 7. The predicted octanol–water partition coefficient (Wildman–Crippen LogP) is 3.60. The van der Waals surface area contributed by atoms with Gasteiger partial charge in [0.2, 0.25) is 0 Å². The number of nitrogens with zero attached hydrogens (tertiary/aromatic N) is 1. The van der Waals surface area contributed by atoms with E-state index in [4.69, 9.17) is 31.1 Å². The van der Waals surface area contributed by atoms with Gasteiger partial charge < -0.3 is 14.2 Å². The summed E-state index contributed by atoms with van der Waals surface area (Å²) in [4.78, 5) is 11.9. The van der Waals surface area contributed by atoms with E-state index in [9.17, 15) is 4.79 Å². The molecule has 0 bridgehead atoms. The molecule has 2 aromatic carbocycles. The molecule has 6 heteroatoms. The zero-order valence-electron chi connectivity index (χ0n) is 13.1. The Hall–Kier alpha value is -2.71. The second-order valence-corrected chi connectivity index (χ2v) is 5.25. The van der Waals surface area contributed by atoms with Crippen molar-refractivity contribution in [3.05, 3.63) is 59.1 Å². The molecule has 0 aliphatic heterocycles. The van der Waals surface area contributed by atoms with E-state index in [1.54, 1.807) is 55.5 Å². The first-order chi connectivity index (χ1) is 11.6. The molecule has 0 fully saturated rings. The maximum atomic E-state index is 11.9. The molecule has 0 amide bonds. The summed E-state index contributed by atoms with van der Waals surface area (Å²) in [5, 5.41) is 9.23. The summed E-state index contributed by atoms with van der Waals surface area (Å²) < 4.78 is 16.0. The minimum Gasteiger partial charge on any atom is -0.488 e. The molecule has 5 nitrogen and oxygen atoms in total. The van der Waals surface area contributed by atoms with Crippen LogP contribution >= 0.6 is 11.6 Å². The lowest BCUT2D eigenvalue weighted by atomic mass is 10.2. The van der Waals surface area contributed by atoms with Crippen molar-refractivity contribution in [3.63, 3.8) is 0 Å². The van der Waals surface area contributed by atoms with Crippen LogP contribution < -0.4 is 9.47 Å². The lowest BCUT2D eigenvalue weighted by Crippen LogP contribution is -2.27. The number of carbonyl (C=O) groups is 1. The second kappa shape index (κ2) is 8.80. The molecule has 0 N–H and O–H groups in total. The molecule has 0 radical (unpaired) electrons. The van der Waals surface area contributed by atoms with Gasteiger partial charge in [0.25, 0.3) is 0 Å². The molecule has 24 heavy (non-hydrogen) atoms. The second-order valence-electron chi connectivity index (χ2n) is 4.84. The maximum absolute atomic E-state index is 11.9. The van der Waals surface area contributed by atoms with Crippen molar-refractivity contribution in [2.75, 3.05) is 13.2 Å². The predicted molar refractivity (Wildman–Crippen MR) is 89.2 cm³/mol. The summed E-state index contributed by atoms with van der Waals surface area (Å²) in [6.45, 7) is 1.87. The van der Waals surface area contributed by atoms with Crippen molar-refractivity contribution in [3.8, 4) is 17.6 Å². The van der Waals surface area contributed by atoms with E-state index >= 15 is 0 Å². The molecule has 0 aliphatic rings. The number of halogens is 1. The standard InChI is InChI=1S/C18H16ClNO4/c1-13(24-15-8-6-14(12-20)7-9-15)18(21)23-11-10-22-17-5-3-2-4-16(17)19/h2-9,13H,10-11H2,1H3/t13-/m1/s1. The number of hydrogen-bond acceptors (Lipinski definition) is 5. The quantitative estimate of drug-likeness (QED) is 0.566. The Balaban J connectivity index is 1.73. The first-order valence-electron chi connectivity index (χ1n) is 7.31. The molecule has 124 valence electrons. The maximum Gasteiger partial charge on any atom is 0.347 e. The van der Waals surface area contributed by atoms with E-state index in [0.29, 0.717) is 22.1 Å². The fraction of sp³-hybridized carbons (Fsp3) is 0.222. The molecule has 2 rings (SSSR count). The van der Waals surface area contributed by atoms with E-state index in [1.165, 1.54) is 0 Å². The molecule has 1 atom stereocenters. The van der Waals surface area contributed by atoms with E-state index < -0.39 is 12.1 Å².